The van der Waals surface area contributed by atoms with Gasteiger partial charge < -0.3 is 4.74 Å². The van der Waals surface area contributed by atoms with Crippen LogP contribution in [-0.4, -0.2) is 34.6 Å². The third-order valence-corrected chi connectivity index (χ3v) is 1.79. The van der Waals surface area contributed by atoms with Gasteiger partial charge in [0.05, 0.1) is 6.42 Å². The maximum Gasteiger partial charge on any atom is 0.549 e. The van der Waals surface area contributed by atoms with E-state index in [1.165, 1.54) is 0 Å². The topological polar surface area (TPSA) is 46.5 Å². The first-order chi connectivity index (χ1) is 5.33. The lowest BCUT2D eigenvalue weighted by atomic mass is 10.2. The number of likely N-dealkylation sites (tertiary alicyclic amines) is 1. The van der Waals surface area contributed by atoms with Crippen LogP contribution >= 0.6 is 0 Å². The van der Waals surface area contributed by atoms with Crippen molar-refractivity contribution < 1.29 is 19.4 Å². The monoisotopic (exact) mass is 174 g/mol. The van der Waals surface area contributed by atoms with Crippen LogP contribution in [0.4, 0.5) is 4.79 Å². The van der Waals surface area contributed by atoms with Crippen LogP contribution in [-0.2, 0) is 4.74 Å². The fraction of sp³-hybridized carbons (Fsp3) is 0.875. The molecular formula is C8H16NO3+. The summed E-state index contributed by atoms with van der Waals surface area (Å²) >= 11 is 0. The molecule has 70 valence electrons. The Bertz CT molecular complexity index is 191. The van der Waals surface area contributed by atoms with Crippen LogP contribution in [0.1, 0.15) is 27.2 Å². The quantitative estimate of drug-likeness (QED) is 0.447. The van der Waals surface area contributed by atoms with E-state index in [0.29, 0.717) is 13.1 Å². The number of carbonyl (C=O) groups excluding carboxylic acids is 1. The van der Waals surface area contributed by atoms with Gasteiger partial charge in [-0.2, -0.15) is 4.79 Å². The summed E-state index contributed by atoms with van der Waals surface area (Å²) in [6.07, 6.45) is 0.351. The molecule has 4 nitrogen and oxygen atoms in total. The number of nitrogens with zero attached hydrogens (tertiary/aromatic N) is 1. The summed E-state index contributed by atoms with van der Waals surface area (Å²) in [5, 5.41) is 9.50. The fourth-order valence-electron chi connectivity index (χ4n) is 0.987. The predicted molar refractivity (Wildman–Crippen MR) is 42.6 cm³/mol. The highest BCUT2D eigenvalue weighted by Gasteiger charge is 2.46. The van der Waals surface area contributed by atoms with Crippen molar-refractivity contribution in [1.82, 2.24) is 0 Å². The average Bonchev–Trinajstić information content (AvgIpc) is 1.78. The Morgan fingerprint density at radius 2 is 1.92 bits per heavy atom. The number of rotatable bonds is 0. The lowest BCUT2D eigenvalue weighted by Crippen LogP contribution is -2.60. The molecule has 0 aliphatic carbocycles. The largest absolute Gasteiger partial charge is 0.549 e. The summed E-state index contributed by atoms with van der Waals surface area (Å²) in [6.45, 7) is 6.33. The number of quaternary nitrogens is 1. The van der Waals surface area contributed by atoms with Gasteiger partial charge in [0.1, 0.15) is 18.7 Å². The molecule has 1 rings (SSSR count). The molecule has 1 aliphatic heterocycles. The maximum atomic E-state index is 11.3. The molecule has 1 amide bonds. The number of hydrogen-bond acceptors (Lipinski definition) is 3. The Labute approximate surface area is 72.3 Å². The third-order valence-electron chi connectivity index (χ3n) is 1.79. The van der Waals surface area contributed by atoms with Gasteiger partial charge in [0.25, 0.3) is 0 Å². The second-order valence-corrected chi connectivity index (χ2v) is 4.20. The lowest BCUT2D eigenvalue weighted by Gasteiger charge is -2.35. The standard InChI is InChI=1S/C8H16NO3/c1-8(2,3)12-7(10)9(11)5-4-6-9/h11H,4-6H2,1-3H3/q+1. The number of amides is 1. The molecule has 0 spiro atoms. The lowest BCUT2D eigenvalue weighted by molar-refractivity contribution is -1.07. The highest BCUT2D eigenvalue weighted by molar-refractivity contribution is 5.59. The number of hydroxylamine groups is 3. The number of hydrogen-bond donors (Lipinski definition) is 1. The van der Waals surface area contributed by atoms with Crippen molar-refractivity contribution in [2.45, 2.75) is 32.8 Å². The Morgan fingerprint density at radius 1 is 1.42 bits per heavy atom. The molecule has 12 heavy (non-hydrogen) atoms. The van der Waals surface area contributed by atoms with Crippen LogP contribution in [0, 0.1) is 0 Å². The Kier molecular flexibility index (Phi) is 2.14. The molecule has 1 aliphatic rings. The molecule has 1 N–H and O–H groups in total. The molecule has 0 aromatic heterocycles. The summed E-state index contributed by atoms with van der Waals surface area (Å²) in [4.78, 5) is 11.3. The maximum absolute atomic E-state index is 11.3. The van der Waals surface area contributed by atoms with Gasteiger partial charge in [-0.3, -0.25) is 0 Å². The van der Waals surface area contributed by atoms with E-state index in [4.69, 9.17) is 4.74 Å². The minimum Gasteiger partial charge on any atom is -0.412 e. The molecular weight excluding hydrogens is 158 g/mol. The van der Waals surface area contributed by atoms with Crippen LogP contribution in [0.15, 0.2) is 0 Å². The molecule has 0 saturated carbocycles. The van der Waals surface area contributed by atoms with Crippen molar-refractivity contribution >= 4 is 6.09 Å². The van der Waals surface area contributed by atoms with E-state index in [1.54, 1.807) is 20.8 Å². The Hall–Kier alpha value is -0.610. The first-order valence-corrected chi connectivity index (χ1v) is 4.17. The van der Waals surface area contributed by atoms with Crippen LogP contribution in [0.25, 0.3) is 0 Å². The summed E-state index contributed by atoms with van der Waals surface area (Å²) in [5.74, 6) is 0. The van der Waals surface area contributed by atoms with Gasteiger partial charge in [0.15, 0.2) is 0 Å². The number of ether oxygens (including phenoxy) is 1. The van der Waals surface area contributed by atoms with E-state index < -0.39 is 16.3 Å². The second-order valence-electron chi connectivity index (χ2n) is 4.20. The van der Waals surface area contributed by atoms with Crippen LogP contribution in [0.5, 0.6) is 0 Å². The van der Waals surface area contributed by atoms with Gasteiger partial charge in [-0.25, -0.2) is 5.21 Å². The van der Waals surface area contributed by atoms with Crippen LogP contribution in [0.2, 0.25) is 0 Å². The third kappa shape index (κ3) is 1.95. The molecule has 0 aromatic carbocycles. The summed E-state index contributed by atoms with van der Waals surface area (Å²) in [6, 6.07) is 0. The van der Waals surface area contributed by atoms with Crippen molar-refractivity contribution in [2.75, 3.05) is 13.1 Å². The highest BCUT2D eigenvalue weighted by Crippen LogP contribution is 2.21. The minimum atomic E-state index is -0.544. The molecule has 0 unspecified atom stereocenters. The molecule has 1 fully saturated rings. The normalized spacial score (nSPS) is 21.3. The average molecular weight is 174 g/mol. The first-order valence-electron chi connectivity index (χ1n) is 4.17. The first kappa shape index (κ1) is 9.48. The van der Waals surface area contributed by atoms with Crippen molar-refractivity contribution in [3.05, 3.63) is 0 Å². The summed E-state index contributed by atoms with van der Waals surface area (Å²) < 4.78 is 4.48. The molecule has 0 atom stereocenters. The molecule has 4 heteroatoms. The zero-order valence-corrected chi connectivity index (χ0v) is 7.83. The SMILES string of the molecule is CC(C)(C)OC(=O)[N+]1(O)CCC1. The smallest absolute Gasteiger partial charge is 0.412 e. The van der Waals surface area contributed by atoms with Gasteiger partial charge in [-0.05, 0) is 20.8 Å². The van der Waals surface area contributed by atoms with E-state index in [0.717, 1.165) is 6.42 Å². The van der Waals surface area contributed by atoms with Gasteiger partial charge in [0.2, 0.25) is 0 Å². The minimum absolute atomic E-state index is 0.481. The van der Waals surface area contributed by atoms with Crippen molar-refractivity contribution in [1.29, 1.82) is 0 Å². The van der Waals surface area contributed by atoms with Gasteiger partial charge in [-0.15, -0.1) is 0 Å². The van der Waals surface area contributed by atoms with Crippen molar-refractivity contribution in [3.63, 3.8) is 0 Å². The Balaban J connectivity index is 2.49. The van der Waals surface area contributed by atoms with Crippen LogP contribution in [0.3, 0.4) is 0 Å². The van der Waals surface area contributed by atoms with E-state index in [9.17, 15) is 10.0 Å². The van der Waals surface area contributed by atoms with E-state index in [2.05, 4.69) is 0 Å². The molecule has 1 saturated heterocycles. The van der Waals surface area contributed by atoms with Crippen molar-refractivity contribution in [2.24, 2.45) is 0 Å². The Morgan fingerprint density at radius 3 is 2.17 bits per heavy atom. The number of carbonyl (C=O) groups is 1. The molecule has 0 radical (unpaired) electrons. The summed E-state index contributed by atoms with van der Waals surface area (Å²) in [5.41, 5.74) is -0.513. The van der Waals surface area contributed by atoms with E-state index in [-0.39, 0.29) is 0 Å². The second kappa shape index (κ2) is 2.71. The van der Waals surface area contributed by atoms with E-state index in [1.807, 2.05) is 0 Å². The van der Waals surface area contributed by atoms with E-state index >= 15 is 0 Å². The van der Waals surface area contributed by atoms with Crippen LogP contribution < -0.4 is 0 Å². The molecule has 0 aromatic rings. The molecule has 1 heterocycles. The van der Waals surface area contributed by atoms with Crippen molar-refractivity contribution in [3.8, 4) is 0 Å². The molecule has 0 bridgehead atoms. The highest BCUT2D eigenvalue weighted by atomic mass is 16.7. The summed E-state index contributed by atoms with van der Waals surface area (Å²) in [7, 11) is 0. The van der Waals surface area contributed by atoms with Gasteiger partial charge >= 0.3 is 6.09 Å². The predicted octanol–water partition coefficient (Wildman–Crippen LogP) is 1.53. The zero-order chi connectivity index (χ0) is 9.41. The fourth-order valence-corrected chi connectivity index (χ4v) is 0.987. The zero-order valence-electron chi connectivity index (χ0n) is 7.83. The van der Waals surface area contributed by atoms with Gasteiger partial charge in [-0.1, -0.05) is 4.65 Å². The van der Waals surface area contributed by atoms with Gasteiger partial charge in [0, 0.05) is 0 Å².